The molecule has 4 fully saturated rings. The second kappa shape index (κ2) is 9.20. The number of likely N-dealkylation sites (tertiary alicyclic amines) is 1. The summed E-state index contributed by atoms with van der Waals surface area (Å²) in [4.78, 5) is 2.38. The van der Waals surface area contributed by atoms with Crippen molar-refractivity contribution < 1.29 is 20.1 Å². The molecule has 7 aliphatic rings. The van der Waals surface area contributed by atoms with Gasteiger partial charge in [-0.25, -0.2) is 0 Å². The first-order valence-electron chi connectivity index (χ1n) is 16.8. The number of phenolic OH excluding ortho intramolecular Hbond substituents is 2. The molecule has 5 aliphatic carbocycles. The molecular weight excluding hydrogens is 550 g/mol. The Kier molecular flexibility index (Phi) is 5.68. The summed E-state index contributed by atoms with van der Waals surface area (Å²) < 4.78 is 6.68. The molecule has 0 radical (unpaired) electrons. The van der Waals surface area contributed by atoms with Crippen LogP contribution in [0.15, 0.2) is 53.2 Å². The normalized spacial score (nSPS) is 41.5. The van der Waals surface area contributed by atoms with Crippen LogP contribution in [0.3, 0.4) is 0 Å². The molecule has 2 aromatic carbocycles. The zero-order valence-corrected chi connectivity index (χ0v) is 25.6. The number of aryl methyl sites for hydroxylation is 1. The molecule has 3 N–H and O–H groups in total. The lowest BCUT2D eigenvalue weighted by Gasteiger charge is -2.62. The molecule has 2 aromatic rings. The Bertz CT molecular complexity index is 1650. The van der Waals surface area contributed by atoms with Gasteiger partial charge in [-0.2, -0.15) is 10.2 Å². The predicted molar refractivity (Wildman–Crippen MR) is 170 cm³/mol. The maximum Gasteiger partial charge on any atom is 0.166 e. The fourth-order valence-corrected chi connectivity index (χ4v) is 11.6. The van der Waals surface area contributed by atoms with Crippen LogP contribution >= 0.6 is 0 Å². The van der Waals surface area contributed by atoms with E-state index in [1.807, 2.05) is 24.3 Å². The van der Waals surface area contributed by atoms with Crippen LogP contribution in [0.25, 0.3) is 0 Å². The first kappa shape index (κ1) is 27.2. The Hall–Kier alpha value is -3.16. The highest BCUT2D eigenvalue weighted by Gasteiger charge is 2.72. The highest BCUT2D eigenvalue weighted by Crippen LogP contribution is 2.65. The maximum atomic E-state index is 12.6. The molecule has 3 saturated carbocycles. The molecule has 0 aromatic heterocycles. The summed E-state index contributed by atoms with van der Waals surface area (Å²) in [5.41, 5.74) is 5.55. The molecular formula is C37H43N3O4. The number of hydrogen-bond donors (Lipinski definition) is 3. The van der Waals surface area contributed by atoms with Crippen LogP contribution in [-0.2, 0) is 18.3 Å². The van der Waals surface area contributed by atoms with Crippen molar-refractivity contribution in [3.05, 3.63) is 65.2 Å². The van der Waals surface area contributed by atoms with E-state index in [1.54, 1.807) is 6.07 Å². The molecule has 2 aliphatic heterocycles. The van der Waals surface area contributed by atoms with Crippen LogP contribution in [0.1, 0.15) is 86.5 Å². The van der Waals surface area contributed by atoms with Gasteiger partial charge in [0.05, 0.1) is 16.7 Å². The molecule has 8 unspecified atom stereocenters. The van der Waals surface area contributed by atoms with E-state index >= 15 is 0 Å². The first-order valence-corrected chi connectivity index (χ1v) is 16.8. The second-order valence-corrected chi connectivity index (χ2v) is 15.0. The monoisotopic (exact) mass is 593 g/mol. The van der Waals surface area contributed by atoms with Crippen molar-refractivity contribution in [2.75, 3.05) is 13.1 Å². The van der Waals surface area contributed by atoms with Crippen LogP contribution in [0, 0.1) is 17.3 Å². The summed E-state index contributed by atoms with van der Waals surface area (Å²) in [5.74, 6) is 2.88. The quantitative estimate of drug-likeness (QED) is 0.309. The van der Waals surface area contributed by atoms with E-state index < -0.39 is 17.1 Å². The molecule has 1 saturated heterocycles. The number of ether oxygens (including phenoxy) is 1. The number of rotatable bonds is 3. The minimum absolute atomic E-state index is 0.0227. The van der Waals surface area contributed by atoms with Gasteiger partial charge in [-0.3, -0.25) is 4.90 Å². The van der Waals surface area contributed by atoms with Crippen molar-refractivity contribution in [3.63, 3.8) is 0 Å². The number of fused-ring (bicyclic) bond motifs is 5. The molecule has 7 heteroatoms. The molecule has 1 spiro atoms. The van der Waals surface area contributed by atoms with E-state index in [-0.39, 0.29) is 17.2 Å². The SMILES string of the molecule is C=CCN1CCC23c4c5ccc(O)c4OC2/C(=N\N=C2/CCC4C6CCc7cc(O)ccc7C6CCC24C)CCC3(O)C1C5. The number of piperidine rings is 1. The zero-order valence-electron chi connectivity index (χ0n) is 25.6. The third-order valence-electron chi connectivity index (χ3n) is 13.5. The number of nitrogens with zero attached hydrogens (tertiary/aromatic N) is 3. The average molecular weight is 594 g/mol. The van der Waals surface area contributed by atoms with Gasteiger partial charge in [-0.15, -0.1) is 6.58 Å². The molecule has 9 rings (SSSR count). The van der Waals surface area contributed by atoms with Gasteiger partial charge in [-0.1, -0.05) is 25.1 Å². The Morgan fingerprint density at radius 1 is 1.02 bits per heavy atom. The summed E-state index contributed by atoms with van der Waals surface area (Å²) in [6, 6.07) is 9.77. The molecule has 8 atom stereocenters. The molecule has 44 heavy (non-hydrogen) atoms. The molecule has 0 amide bonds. The van der Waals surface area contributed by atoms with Crippen LogP contribution in [0.2, 0.25) is 0 Å². The first-order chi connectivity index (χ1) is 21.3. The Morgan fingerprint density at radius 2 is 1.91 bits per heavy atom. The molecule has 2 heterocycles. The van der Waals surface area contributed by atoms with E-state index in [0.717, 1.165) is 69.3 Å². The van der Waals surface area contributed by atoms with Crippen molar-refractivity contribution in [3.8, 4) is 17.2 Å². The minimum Gasteiger partial charge on any atom is -0.508 e. The van der Waals surface area contributed by atoms with E-state index in [1.165, 1.54) is 28.8 Å². The third kappa shape index (κ3) is 3.30. The lowest BCUT2D eigenvalue weighted by Crippen LogP contribution is -2.76. The standard InChI is InChI=1S/C37H43N3O4/c1-3-17-40-18-16-36-32-22-5-10-29(42)33(32)44-34(36)28(13-15-37(36,43)31(40)20-22)38-39-30-11-9-27-26-7-4-21-19-23(41)6-8-24(21)25(26)12-14-35(27,30)2/h3,5-6,8,10,19,25-27,31,34,41-43H,1,4,7,9,11-18,20H2,2H3/b38-28-,39-30+. The van der Waals surface area contributed by atoms with E-state index in [0.29, 0.717) is 42.1 Å². The Labute approximate surface area is 259 Å². The van der Waals surface area contributed by atoms with Gasteiger partial charge in [0.25, 0.3) is 0 Å². The molecule has 2 bridgehead atoms. The lowest BCUT2D eigenvalue weighted by atomic mass is 9.49. The number of aromatic hydroxyl groups is 2. The van der Waals surface area contributed by atoms with Gasteiger partial charge < -0.3 is 20.1 Å². The fourth-order valence-electron chi connectivity index (χ4n) is 11.6. The van der Waals surface area contributed by atoms with Gasteiger partial charge in [-0.05, 0) is 117 Å². The number of hydrogen-bond acceptors (Lipinski definition) is 7. The summed E-state index contributed by atoms with van der Waals surface area (Å²) in [6.45, 7) is 8.01. The minimum atomic E-state index is -0.964. The average Bonchev–Trinajstić information content (AvgIpc) is 3.54. The van der Waals surface area contributed by atoms with Crippen molar-refractivity contribution >= 4 is 11.4 Å². The second-order valence-electron chi connectivity index (χ2n) is 15.0. The summed E-state index contributed by atoms with van der Waals surface area (Å²) >= 11 is 0. The lowest BCUT2D eigenvalue weighted by molar-refractivity contribution is -0.163. The summed E-state index contributed by atoms with van der Waals surface area (Å²) in [7, 11) is 0. The van der Waals surface area contributed by atoms with Crippen molar-refractivity contribution in [2.24, 2.45) is 27.5 Å². The topological polar surface area (TPSA) is 97.9 Å². The van der Waals surface area contributed by atoms with Gasteiger partial charge in [0.15, 0.2) is 17.6 Å². The highest BCUT2D eigenvalue weighted by molar-refractivity contribution is 5.97. The number of phenols is 2. The Morgan fingerprint density at radius 3 is 2.77 bits per heavy atom. The summed E-state index contributed by atoms with van der Waals surface area (Å²) in [5, 5.41) is 43.8. The fraction of sp³-hybridized carbons (Fsp3) is 0.568. The Balaban J connectivity index is 1.06. The van der Waals surface area contributed by atoms with Crippen molar-refractivity contribution in [2.45, 2.75) is 100 Å². The number of aliphatic hydroxyl groups is 1. The van der Waals surface area contributed by atoms with Gasteiger partial charge in [0.1, 0.15) is 5.75 Å². The predicted octanol–water partition coefficient (Wildman–Crippen LogP) is 5.79. The van der Waals surface area contributed by atoms with Crippen LogP contribution < -0.4 is 4.74 Å². The molecule has 230 valence electrons. The van der Waals surface area contributed by atoms with E-state index in [2.05, 4.69) is 24.5 Å². The van der Waals surface area contributed by atoms with Crippen molar-refractivity contribution in [1.82, 2.24) is 4.90 Å². The van der Waals surface area contributed by atoms with Gasteiger partial charge in [0.2, 0.25) is 0 Å². The summed E-state index contributed by atoms with van der Waals surface area (Å²) in [6.07, 6.45) is 10.9. The van der Waals surface area contributed by atoms with Crippen LogP contribution in [-0.4, -0.2) is 62.5 Å². The van der Waals surface area contributed by atoms with Gasteiger partial charge >= 0.3 is 0 Å². The highest BCUT2D eigenvalue weighted by atomic mass is 16.5. The maximum absolute atomic E-state index is 12.6. The zero-order chi connectivity index (χ0) is 30.0. The van der Waals surface area contributed by atoms with Crippen LogP contribution in [0.4, 0.5) is 0 Å². The van der Waals surface area contributed by atoms with Crippen molar-refractivity contribution in [1.29, 1.82) is 0 Å². The van der Waals surface area contributed by atoms with E-state index in [4.69, 9.17) is 14.9 Å². The molecule has 7 nitrogen and oxygen atoms in total. The largest absolute Gasteiger partial charge is 0.508 e. The third-order valence-corrected chi connectivity index (χ3v) is 13.5. The van der Waals surface area contributed by atoms with E-state index in [9.17, 15) is 15.3 Å². The van der Waals surface area contributed by atoms with Crippen LogP contribution in [0.5, 0.6) is 17.2 Å². The number of benzene rings is 2. The smallest absolute Gasteiger partial charge is 0.166 e. The van der Waals surface area contributed by atoms with Gasteiger partial charge in [0, 0.05) is 35.8 Å².